The van der Waals surface area contributed by atoms with Crippen molar-refractivity contribution in [2.75, 3.05) is 33.4 Å². The number of hydrogen-bond donors (Lipinski definition) is 0. The van der Waals surface area contributed by atoms with E-state index in [-0.39, 0.29) is 22.8 Å². The summed E-state index contributed by atoms with van der Waals surface area (Å²) in [5, 5.41) is 0. The summed E-state index contributed by atoms with van der Waals surface area (Å²) in [6, 6.07) is 7.37. The first-order valence-electron chi connectivity index (χ1n) is 13.1. The minimum atomic E-state index is -3.07. The molecule has 6 rings (SSSR count). The van der Waals surface area contributed by atoms with E-state index in [4.69, 9.17) is 18.9 Å². The van der Waals surface area contributed by atoms with Crippen molar-refractivity contribution in [1.82, 2.24) is 14.3 Å². The van der Waals surface area contributed by atoms with Crippen molar-refractivity contribution in [1.29, 1.82) is 0 Å². The number of fused-ring (bicyclic) bond motifs is 3. The Bertz CT molecular complexity index is 1330. The average Bonchev–Trinajstić information content (AvgIpc) is 3.27. The molecule has 0 radical (unpaired) electrons. The fourth-order valence-corrected chi connectivity index (χ4v) is 5.52. The maximum atomic E-state index is 13.3. The standard InChI is InChI=1S/C28H31F2N3O5/c1-35-24-10-18(11-25(38-28(29)30)27(24)23(34)9-17-3-4-17)22-14-31-26-13-20(5-7-33(22)26)36-8-2-6-32-15-21-12-19(32)16-37-21/h5,7,10-11,13-14,17,19,21,28H,2-4,6,8-9,12,15-16H2,1H3. The van der Waals surface area contributed by atoms with Crippen LogP contribution in [0.4, 0.5) is 8.78 Å². The summed E-state index contributed by atoms with van der Waals surface area (Å²) in [5.74, 6) is 0.772. The molecular weight excluding hydrogens is 496 g/mol. The molecule has 2 saturated heterocycles. The van der Waals surface area contributed by atoms with Gasteiger partial charge >= 0.3 is 6.61 Å². The van der Waals surface area contributed by atoms with Gasteiger partial charge in [0.05, 0.1) is 38.3 Å². The van der Waals surface area contributed by atoms with Gasteiger partial charge in [-0.3, -0.25) is 14.1 Å². The fourth-order valence-electron chi connectivity index (χ4n) is 5.52. The van der Waals surface area contributed by atoms with Gasteiger partial charge in [-0.1, -0.05) is 0 Å². The highest BCUT2D eigenvalue weighted by molar-refractivity contribution is 6.02. The molecule has 8 nitrogen and oxygen atoms in total. The number of pyridine rings is 1. The van der Waals surface area contributed by atoms with Crippen LogP contribution in [-0.2, 0) is 4.74 Å². The molecule has 2 unspecified atom stereocenters. The number of Topliss-reactive ketones (excluding diaryl/α,β-unsaturated/α-hetero) is 1. The lowest BCUT2D eigenvalue weighted by molar-refractivity contribution is -0.0502. The largest absolute Gasteiger partial charge is 0.496 e. The Kier molecular flexibility index (Phi) is 6.92. The quantitative estimate of drug-likeness (QED) is 0.247. The predicted octanol–water partition coefficient (Wildman–Crippen LogP) is 4.84. The second-order valence-electron chi connectivity index (χ2n) is 10.3. The molecule has 1 aromatic carbocycles. The second kappa shape index (κ2) is 10.5. The number of nitrogens with zero attached hydrogens (tertiary/aromatic N) is 3. The molecule has 10 heteroatoms. The lowest BCUT2D eigenvalue weighted by Crippen LogP contribution is -2.37. The summed E-state index contributed by atoms with van der Waals surface area (Å²) < 4.78 is 50.3. The first-order chi connectivity index (χ1) is 18.5. The van der Waals surface area contributed by atoms with Crippen LogP contribution < -0.4 is 14.2 Å². The number of morpholine rings is 1. The summed E-state index contributed by atoms with van der Waals surface area (Å²) in [5.41, 5.74) is 1.90. The topological polar surface area (TPSA) is 74.5 Å². The van der Waals surface area contributed by atoms with E-state index in [1.165, 1.54) is 13.2 Å². The van der Waals surface area contributed by atoms with Crippen molar-refractivity contribution in [2.24, 2.45) is 5.92 Å². The molecule has 3 aliphatic rings. The van der Waals surface area contributed by atoms with Crippen molar-refractivity contribution in [2.45, 2.75) is 50.9 Å². The van der Waals surface area contributed by atoms with Crippen molar-refractivity contribution in [3.8, 4) is 28.5 Å². The van der Waals surface area contributed by atoms with Crippen LogP contribution in [0.5, 0.6) is 17.2 Å². The van der Waals surface area contributed by atoms with Crippen molar-refractivity contribution < 1.29 is 32.5 Å². The Balaban J connectivity index is 1.19. The van der Waals surface area contributed by atoms with Gasteiger partial charge in [0.25, 0.3) is 0 Å². The molecular formula is C28H31F2N3O5. The third-order valence-electron chi connectivity index (χ3n) is 7.60. The van der Waals surface area contributed by atoms with Crippen LogP contribution in [0.15, 0.2) is 36.7 Å². The second-order valence-corrected chi connectivity index (χ2v) is 10.3. The number of carbonyl (C=O) groups excluding carboxylic acids is 1. The van der Waals surface area contributed by atoms with E-state index in [1.54, 1.807) is 12.3 Å². The number of hydrogen-bond acceptors (Lipinski definition) is 7. The normalized spacial score (nSPS) is 20.9. The van der Waals surface area contributed by atoms with E-state index >= 15 is 0 Å². The summed E-state index contributed by atoms with van der Waals surface area (Å²) in [4.78, 5) is 19.9. The van der Waals surface area contributed by atoms with Crippen molar-refractivity contribution >= 4 is 11.4 Å². The first-order valence-corrected chi connectivity index (χ1v) is 13.1. The SMILES string of the molecule is COc1cc(-c2cnc3cc(OCCCN4CC5CC4CO5)ccn23)cc(OC(F)F)c1C(=O)CC1CC1. The first kappa shape index (κ1) is 25.1. The van der Waals surface area contributed by atoms with Crippen LogP contribution in [0, 0.1) is 5.92 Å². The van der Waals surface area contributed by atoms with Crippen molar-refractivity contribution in [3.63, 3.8) is 0 Å². The molecule has 2 aliphatic heterocycles. The summed E-state index contributed by atoms with van der Waals surface area (Å²) in [6.45, 7) is 0.368. The number of methoxy groups -OCH3 is 1. The van der Waals surface area contributed by atoms with E-state index in [9.17, 15) is 13.6 Å². The third kappa shape index (κ3) is 5.19. The number of imidazole rings is 1. The smallest absolute Gasteiger partial charge is 0.387 e. The molecule has 4 heterocycles. The zero-order chi connectivity index (χ0) is 26.2. The van der Waals surface area contributed by atoms with Gasteiger partial charge in [0.2, 0.25) is 0 Å². The number of ketones is 1. The maximum Gasteiger partial charge on any atom is 0.387 e. The number of likely N-dealkylation sites (tertiary alicyclic amines) is 1. The van der Waals surface area contributed by atoms with E-state index in [0.717, 1.165) is 45.4 Å². The van der Waals surface area contributed by atoms with Crippen LogP contribution >= 0.6 is 0 Å². The average molecular weight is 528 g/mol. The maximum absolute atomic E-state index is 13.3. The van der Waals surface area contributed by atoms with Gasteiger partial charge in [-0.25, -0.2) is 4.98 Å². The molecule has 0 amide bonds. The molecule has 2 atom stereocenters. The van der Waals surface area contributed by atoms with Gasteiger partial charge < -0.3 is 18.9 Å². The van der Waals surface area contributed by atoms with Gasteiger partial charge in [-0.15, -0.1) is 0 Å². The predicted molar refractivity (Wildman–Crippen MR) is 135 cm³/mol. The molecule has 1 saturated carbocycles. The molecule has 202 valence electrons. The molecule has 38 heavy (non-hydrogen) atoms. The molecule has 3 aromatic rings. The van der Waals surface area contributed by atoms with E-state index in [2.05, 4.69) is 9.88 Å². The van der Waals surface area contributed by atoms with Crippen LogP contribution in [0.1, 0.15) is 42.5 Å². The highest BCUT2D eigenvalue weighted by Crippen LogP contribution is 2.40. The molecule has 1 aliphatic carbocycles. The lowest BCUT2D eigenvalue weighted by Gasteiger charge is -2.26. The Morgan fingerprint density at radius 2 is 2.08 bits per heavy atom. The van der Waals surface area contributed by atoms with Crippen LogP contribution in [0.2, 0.25) is 0 Å². The highest BCUT2D eigenvalue weighted by atomic mass is 19.3. The minimum absolute atomic E-state index is 0.0576. The summed E-state index contributed by atoms with van der Waals surface area (Å²) in [7, 11) is 1.42. The van der Waals surface area contributed by atoms with Gasteiger partial charge in [0, 0.05) is 43.4 Å². The number of benzene rings is 1. The van der Waals surface area contributed by atoms with E-state index < -0.39 is 6.61 Å². The van der Waals surface area contributed by atoms with Crippen LogP contribution in [0.25, 0.3) is 16.9 Å². The number of aromatic nitrogens is 2. The van der Waals surface area contributed by atoms with Gasteiger partial charge in [0.15, 0.2) is 5.78 Å². The third-order valence-corrected chi connectivity index (χ3v) is 7.60. The molecule has 0 spiro atoms. The number of carbonyl (C=O) groups is 1. The van der Waals surface area contributed by atoms with Gasteiger partial charge in [-0.05, 0) is 49.8 Å². The Morgan fingerprint density at radius 3 is 2.79 bits per heavy atom. The molecule has 3 fully saturated rings. The van der Waals surface area contributed by atoms with Crippen LogP contribution in [-0.4, -0.2) is 72.2 Å². The molecule has 0 N–H and O–H groups in total. The van der Waals surface area contributed by atoms with E-state index in [1.807, 2.05) is 22.7 Å². The molecule has 2 aromatic heterocycles. The Hall–Kier alpha value is -3.24. The lowest BCUT2D eigenvalue weighted by atomic mass is 10.00. The number of halogens is 2. The zero-order valence-corrected chi connectivity index (χ0v) is 21.3. The van der Waals surface area contributed by atoms with Gasteiger partial charge in [-0.2, -0.15) is 8.78 Å². The zero-order valence-electron chi connectivity index (χ0n) is 21.3. The van der Waals surface area contributed by atoms with E-state index in [0.29, 0.717) is 53.7 Å². The Morgan fingerprint density at radius 1 is 1.24 bits per heavy atom. The van der Waals surface area contributed by atoms with Gasteiger partial charge in [0.1, 0.15) is 28.5 Å². The fraction of sp³-hybridized carbons (Fsp3) is 0.500. The highest BCUT2D eigenvalue weighted by Gasteiger charge is 2.38. The number of rotatable bonds is 12. The van der Waals surface area contributed by atoms with Crippen LogP contribution in [0.3, 0.4) is 0 Å². The van der Waals surface area contributed by atoms with Crippen molar-refractivity contribution in [3.05, 3.63) is 42.2 Å². The number of alkyl halides is 2. The summed E-state index contributed by atoms with van der Waals surface area (Å²) in [6.07, 6.45) is 8.18. The summed E-state index contributed by atoms with van der Waals surface area (Å²) >= 11 is 0. The monoisotopic (exact) mass is 527 g/mol. The minimum Gasteiger partial charge on any atom is -0.496 e. The number of ether oxygens (including phenoxy) is 4. The Labute approximate surface area is 219 Å². The molecule has 2 bridgehead atoms.